The van der Waals surface area contributed by atoms with Crippen LogP contribution in [0.5, 0.6) is 0 Å². The van der Waals surface area contributed by atoms with Crippen molar-refractivity contribution in [3.63, 3.8) is 0 Å². The molecule has 1 saturated heterocycles. The van der Waals surface area contributed by atoms with Gasteiger partial charge in [0.15, 0.2) is 0 Å². The fourth-order valence-corrected chi connectivity index (χ4v) is 2.19. The molecule has 1 aliphatic heterocycles. The number of piperidine rings is 1. The highest BCUT2D eigenvalue weighted by Crippen LogP contribution is 2.30. The largest absolute Gasteiger partial charge is 0.388 e. The summed E-state index contributed by atoms with van der Waals surface area (Å²) in [6.07, 6.45) is 7.01. The first-order chi connectivity index (χ1) is 7.75. The lowest BCUT2D eigenvalue weighted by Crippen LogP contribution is -2.33. The van der Waals surface area contributed by atoms with E-state index < -0.39 is 0 Å². The van der Waals surface area contributed by atoms with Gasteiger partial charge in [-0.2, -0.15) is 0 Å². The van der Waals surface area contributed by atoms with E-state index in [0.29, 0.717) is 5.92 Å². The van der Waals surface area contributed by atoms with Gasteiger partial charge in [-0.3, -0.25) is 0 Å². The zero-order valence-electron chi connectivity index (χ0n) is 10.2. The van der Waals surface area contributed by atoms with Crippen molar-refractivity contribution in [2.75, 3.05) is 19.6 Å². The molecule has 0 atom stereocenters. The van der Waals surface area contributed by atoms with E-state index in [-0.39, 0.29) is 0 Å². The number of hydrogen-bond donors (Lipinski definition) is 3. The molecular weight excluding hydrogens is 198 g/mol. The van der Waals surface area contributed by atoms with E-state index in [2.05, 4.69) is 17.6 Å². The Morgan fingerprint density at radius 2 is 2.00 bits per heavy atom. The predicted octanol–water partition coefficient (Wildman–Crippen LogP) is 1.91. The monoisotopic (exact) mass is 221 g/mol. The fourth-order valence-electron chi connectivity index (χ4n) is 2.19. The first kappa shape index (κ1) is 11.6. The molecule has 0 radical (unpaired) electrons. The summed E-state index contributed by atoms with van der Waals surface area (Å²) >= 11 is 0. The quantitative estimate of drug-likeness (QED) is 0.621. The lowest BCUT2D eigenvalue weighted by atomic mass is 9.98. The minimum Gasteiger partial charge on any atom is -0.388 e. The Kier molecular flexibility index (Phi) is 3.99. The van der Waals surface area contributed by atoms with Crippen molar-refractivity contribution in [2.24, 2.45) is 11.8 Å². The lowest BCUT2D eigenvalue weighted by Gasteiger charge is -2.23. The maximum absolute atomic E-state index is 7.83. The molecule has 0 amide bonds. The highest BCUT2D eigenvalue weighted by molar-refractivity contribution is 5.96. The van der Waals surface area contributed by atoms with Gasteiger partial charge in [-0.25, -0.2) is 0 Å². The lowest BCUT2D eigenvalue weighted by molar-refractivity contribution is 0.366. The molecule has 3 N–H and O–H groups in total. The zero-order valence-corrected chi connectivity index (χ0v) is 10.2. The molecule has 0 spiro atoms. The zero-order chi connectivity index (χ0) is 11.4. The molecule has 3 heteroatoms. The van der Waals surface area contributed by atoms with Crippen LogP contribution in [0.3, 0.4) is 0 Å². The van der Waals surface area contributed by atoms with Crippen LogP contribution in [0, 0.1) is 17.2 Å². The second kappa shape index (κ2) is 5.48. The van der Waals surface area contributed by atoms with E-state index in [1.807, 2.05) is 6.08 Å². The fraction of sp³-hybridized carbons (Fsp3) is 0.769. The van der Waals surface area contributed by atoms with E-state index in [1.165, 1.54) is 25.7 Å². The van der Waals surface area contributed by atoms with Gasteiger partial charge in [-0.1, -0.05) is 0 Å². The predicted molar refractivity (Wildman–Crippen MR) is 67.8 cm³/mol. The Morgan fingerprint density at radius 3 is 2.62 bits per heavy atom. The first-order valence-corrected chi connectivity index (χ1v) is 6.47. The summed E-state index contributed by atoms with van der Waals surface area (Å²) in [6, 6.07) is 0. The average molecular weight is 221 g/mol. The Labute approximate surface area is 98.2 Å². The van der Waals surface area contributed by atoms with Crippen LogP contribution in [0.15, 0.2) is 11.8 Å². The van der Waals surface area contributed by atoms with Gasteiger partial charge in [-0.05, 0) is 57.7 Å². The maximum atomic E-state index is 7.83. The standard InChI is InChI=1S/C13H23N3/c1-10(8-13(14)12-2-3-12)16-9-11-4-6-15-7-5-11/h8,11-12,14-16H,2-7,9H2,1H3/b10-8-,14-13?. The molecule has 2 rings (SSSR count). The Bertz CT molecular complexity index is 273. The summed E-state index contributed by atoms with van der Waals surface area (Å²) < 4.78 is 0. The summed E-state index contributed by atoms with van der Waals surface area (Å²) in [4.78, 5) is 0. The van der Waals surface area contributed by atoms with Gasteiger partial charge in [0.05, 0.1) is 0 Å². The third-order valence-corrected chi connectivity index (χ3v) is 3.52. The molecule has 90 valence electrons. The molecule has 1 heterocycles. The van der Waals surface area contributed by atoms with Crippen molar-refractivity contribution < 1.29 is 0 Å². The first-order valence-electron chi connectivity index (χ1n) is 6.47. The summed E-state index contributed by atoms with van der Waals surface area (Å²) in [6.45, 7) is 5.47. The van der Waals surface area contributed by atoms with E-state index in [1.54, 1.807) is 0 Å². The van der Waals surface area contributed by atoms with Crippen LogP contribution in [-0.4, -0.2) is 25.3 Å². The minimum absolute atomic E-state index is 0.565. The third kappa shape index (κ3) is 3.63. The SMILES string of the molecule is C/C(=C/C(=N)C1CC1)NCC1CCNCC1. The van der Waals surface area contributed by atoms with Crippen molar-refractivity contribution >= 4 is 5.71 Å². The summed E-state index contributed by atoms with van der Waals surface area (Å²) in [5.41, 5.74) is 1.98. The highest BCUT2D eigenvalue weighted by atomic mass is 14.9. The summed E-state index contributed by atoms with van der Waals surface area (Å²) in [7, 11) is 0. The van der Waals surface area contributed by atoms with Crippen molar-refractivity contribution in [1.29, 1.82) is 5.41 Å². The normalized spacial score (nSPS) is 23.2. The van der Waals surface area contributed by atoms with E-state index in [4.69, 9.17) is 5.41 Å². The van der Waals surface area contributed by atoms with E-state index >= 15 is 0 Å². The van der Waals surface area contributed by atoms with Crippen LogP contribution in [0.1, 0.15) is 32.6 Å². The van der Waals surface area contributed by atoms with Crippen molar-refractivity contribution in [2.45, 2.75) is 32.6 Å². The van der Waals surface area contributed by atoms with Gasteiger partial charge < -0.3 is 16.0 Å². The molecule has 0 unspecified atom stereocenters. The molecule has 2 fully saturated rings. The summed E-state index contributed by atoms with van der Waals surface area (Å²) in [5.74, 6) is 1.37. The second-order valence-corrected chi connectivity index (χ2v) is 5.13. The molecular formula is C13H23N3. The molecule has 3 nitrogen and oxygen atoms in total. The topological polar surface area (TPSA) is 47.9 Å². The smallest absolute Gasteiger partial charge is 0.0361 e. The second-order valence-electron chi connectivity index (χ2n) is 5.13. The van der Waals surface area contributed by atoms with Crippen LogP contribution < -0.4 is 10.6 Å². The summed E-state index contributed by atoms with van der Waals surface area (Å²) in [5, 5.41) is 14.7. The minimum atomic E-state index is 0.565. The van der Waals surface area contributed by atoms with Gasteiger partial charge >= 0.3 is 0 Å². The molecule has 1 saturated carbocycles. The van der Waals surface area contributed by atoms with E-state index in [9.17, 15) is 0 Å². The van der Waals surface area contributed by atoms with Crippen LogP contribution in [0.25, 0.3) is 0 Å². The maximum Gasteiger partial charge on any atom is 0.0361 e. The Morgan fingerprint density at radius 1 is 1.31 bits per heavy atom. The number of nitrogens with one attached hydrogen (secondary N) is 3. The molecule has 0 aromatic heterocycles. The van der Waals surface area contributed by atoms with E-state index in [0.717, 1.165) is 37.0 Å². The molecule has 0 bridgehead atoms. The van der Waals surface area contributed by atoms with Crippen molar-refractivity contribution in [1.82, 2.24) is 10.6 Å². The van der Waals surface area contributed by atoms with Gasteiger partial charge in [0.1, 0.15) is 0 Å². The molecule has 0 aromatic carbocycles. The van der Waals surface area contributed by atoms with Crippen molar-refractivity contribution in [3.8, 4) is 0 Å². The van der Waals surface area contributed by atoms with Gasteiger partial charge in [0, 0.05) is 23.9 Å². The average Bonchev–Trinajstić information content (AvgIpc) is 3.11. The van der Waals surface area contributed by atoms with Crippen LogP contribution >= 0.6 is 0 Å². The number of hydrogen-bond acceptors (Lipinski definition) is 3. The molecule has 16 heavy (non-hydrogen) atoms. The third-order valence-electron chi connectivity index (χ3n) is 3.52. The Balaban J connectivity index is 1.69. The van der Waals surface area contributed by atoms with Crippen LogP contribution in [0.4, 0.5) is 0 Å². The number of rotatable bonds is 5. The molecule has 0 aromatic rings. The van der Waals surface area contributed by atoms with Crippen LogP contribution in [0.2, 0.25) is 0 Å². The van der Waals surface area contributed by atoms with Gasteiger partial charge in [-0.15, -0.1) is 0 Å². The van der Waals surface area contributed by atoms with Gasteiger partial charge in [0.25, 0.3) is 0 Å². The van der Waals surface area contributed by atoms with Gasteiger partial charge in [0.2, 0.25) is 0 Å². The van der Waals surface area contributed by atoms with Crippen LogP contribution in [-0.2, 0) is 0 Å². The number of allylic oxidation sites excluding steroid dienone is 2. The Hall–Kier alpha value is -0.830. The molecule has 2 aliphatic rings. The molecule has 1 aliphatic carbocycles. The highest BCUT2D eigenvalue weighted by Gasteiger charge is 2.24. The van der Waals surface area contributed by atoms with Crippen molar-refractivity contribution in [3.05, 3.63) is 11.8 Å².